The number of rotatable bonds is 5. The Bertz CT molecular complexity index is 126. The zero-order valence-corrected chi connectivity index (χ0v) is 9.32. The number of hydrogen-bond donors (Lipinski definition) is 2. The molecular weight excluding hydrogens is 170 g/mol. The molecule has 74 valence electrons. The van der Waals surface area contributed by atoms with Crippen molar-refractivity contribution in [2.45, 2.75) is 38.5 Å². The molecule has 0 aromatic carbocycles. The van der Waals surface area contributed by atoms with Gasteiger partial charge in [0.2, 0.25) is 0 Å². The molecule has 2 unspecified atom stereocenters. The Hall–Kier alpha value is 0.270. The summed E-state index contributed by atoms with van der Waals surface area (Å²) in [6.45, 7) is 8.68. The Morgan fingerprint density at radius 1 is 1.42 bits per heavy atom. The van der Waals surface area contributed by atoms with Crippen LogP contribution in [0, 0.1) is 5.92 Å². The van der Waals surface area contributed by atoms with Crippen LogP contribution in [0.4, 0.5) is 0 Å². The van der Waals surface area contributed by atoms with Crippen LogP contribution in [0.3, 0.4) is 0 Å². The van der Waals surface area contributed by atoms with E-state index in [1.54, 1.807) is 18.7 Å². The molecule has 0 heterocycles. The van der Waals surface area contributed by atoms with E-state index in [2.05, 4.69) is 20.8 Å². The second-order valence-corrected chi connectivity index (χ2v) is 5.33. The second-order valence-electron chi connectivity index (χ2n) is 3.96. The lowest BCUT2D eigenvalue weighted by atomic mass is 10.1. The molecule has 3 N–H and O–H groups in total. The van der Waals surface area contributed by atoms with Gasteiger partial charge in [-0.05, 0) is 12.8 Å². The first kappa shape index (κ1) is 12.3. The van der Waals surface area contributed by atoms with E-state index in [1.165, 1.54) is 0 Å². The minimum absolute atomic E-state index is 0.338. The van der Waals surface area contributed by atoms with E-state index in [0.717, 1.165) is 5.75 Å². The van der Waals surface area contributed by atoms with Crippen LogP contribution in [-0.2, 0) is 0 Å². The van der Waals surface area contributed by atoms with Gasteiger partial charge < -0.3 is 10.8 Å². The van der Waals surface area contributed by atoms with E-state index in [1.807, 2.05) is 0 Å². The van der Waals surface area contributed by atoms with Crippen LogP contribution in [0.15, 0.2) is 0 Å². The third-order valence-corrected chi connectivity index (χ3v) is 3.89. The molecule has 0 spiro atoms. The van der Waals surface area contributed by atoms with Gasteiger partial charge in [-0.1, -0.05) is 20.8 Å². The maximum atomic E-state index is 9.61. The molecule has 0 saturated carbocycles. The van der Waals surface area contributed by atoms with Crippen molar-refractivity contribution >= 4 is 11.8 Å². The van der Waals surface area contributed by atoms with Crippen LogP contribution >= 0.6 is 11.8 Å². The highest BCUT2D eigenvalue weighted by Gasteiger charge is 2.20. The molecule has 2 nitrogen and oxygen atoms in total. The summed E-state index contributed by atoms with van der Waals surface area (Å²) in [6, 6.07) is 0. The second kappa shape index (κ2) is 5.10. The van der Waals surface area contributed by atoms with Gasteiger partial charge in [0, 0.05) is 17.5 Å². The van der Waals surface area contributed by atoms with Crippen LogP contribution in [0.5, 0.6) is 0 Å². The molecule has 0 saturated heterocycles. The van der Waals surface area contributed by atoms with Gasteiger partial charge in [0.15, 0.2) is 0 Å². The maximum absolute atomic E-state index is 9.61. The van der Waals surface area contributed by atoms with E-state index in [0.29, 0.717) is 17.7 Å². The molecule has 0 fully saturated rings. The topological polar surface area (TPSA) is 46.2 Å². The van der Waals surface area contributed by atoms with Gasteiger partial charge in [-0.2, -0.15) is 11.8 Å². The van der Waals surface area contributed by atoms with Crippen molar-refractivity contribution < 1.29 is 5.11 Å². The Balaban J connectivity index is 3.67. The summed E-state index contributed by atoms with van der Waals surface area (Å²) in [5, 5.41) is 10.2. The van der Waals surface area contributed by atoms with Crippen molar-refractivity contribution in [1.82, 2.24) is 0 Å². The predicted molar refractivity (Wildman–Crippen MR) is 56.4 cm³/mol. The van der Waals surface area contributed by atoms with E-state index in [-0.39, 0.29) is 0 Å². The van der Waals surface area contributed by atoms with Crippen LogP contribution in [0.2, 0.25) is 0 Å². The lowest BCUT2D eigenvalue weighted by Crippen LogP contribution is -2.37. The standard InChI is InChI=1S/C9H21NOS/c1-7(2)8(3)12-6-9(4,11)5-10/h7-8,11H,5-6,10H2,1-4H3. The number of aliphatic hydroxyl groups is 1. The summed E-state index contributed by atoms with van der Waals surface area (Å²) in [7, 11) is 0. The van der Waals surface area contributed by atoms with Crippen molar-refractivity contribution in [2.75, 3.05) is 12.3 Å². The summed E-state index contributed by atoms with van der Waals surface area (Å²) in [5.74, 6) is 1.38. The maximum Gasteiger partial charge on any atom is 0.0831 e. The lowest BCUT2D eigenvalue weighted by molar-refractivity contribution is 0.0948. The number of thioether (sulfide) groups is 1. The van der Waals surface area contributed by atoms with Crippen molar-refractivity contribution in [3.63, 3.8) is 0 Å². The average Bonchev–Trinajstić information content (AvgIpc) is 2.00. The molecule has 0 aromatic rings. The molecule has 3 heteroatoms. The van der Waals surface area contributed by atoms with Gasteiger partial charge >= 0.3 is 0 Å². The quantitative estimate of drug-likeness (QED) is 0.692. The van der Waals surface area contributed by atoms with E-state index >= 15 is 0 Å². The highest BCUT2D eigenvalue weighted by molar-refractivity contribution is 7.99. The Labute approximate surface area is 79.9 Å². The van der Waals surface area contributed by atoms with E-state index in [9.17, 15) is 5.11 Å². The monoisotopic (exact) mass is 191 g/mol. The minimum Gasteiger partial charge on any atom is -0.388 e. The Kier molecular flexibility index (Phi) is 5.21. The number of hydrogen-bond acceptors (Lipinski definition) is 3. The largest absolute Gasteiger partial charge is 0.388 e. The van der Waals surface area contributed by atoms with Crippen molar-refractivity contribution in [3.05, 3.63) is 0 Å². The van der Waals surface area contributed by atoms with Crippen LogP contribution in [-0.4, -0.2) is 28.3 Å². The smallest absolute Gasteiger partial charge is 0.0831 e. The molecule has 0 radical (unpaired) electrons. The number of nitrogens with two attached hydrogens (primary N) is 1. The molecular formula is C9H21NOS. The fraction of sp³-hybridized carbons (Fsp3) is 1.00. The molecule has 0 aliphatic heterocycles. The van der Waals surface area contributed by atoms with E-state index < -0.39 is 5.60 Å². The van der Waals surface area contributed by atoms with Crippen LogP contribution < -0.4 is 5.73 Å². The van der Waals surface area contributed by atoms with Crippen LogP contribution in [0.1, 0.15) is 27.7 Å². The summed E-state index contributed by atoms with van der Waals surface area (Å²) in [6.07, 6.45) is 0. The minimum atomic E-state index is -0.701. The molecule has 2 atom stereocenters. The molecule has 0 rings (SSSR count). The van der Waals surface area contributed by atoms with Crippen molar-refractivity contribution in [1.29, 1.82) is 0 Å². The third-order valence-electron chi connectivity index (χ3n) is 2.04. The molecule has 0 bridgehead atoms. The predicted octanol–water partition coefficient (Wildman–Crippen LogP) is 1.47. The molecule has 0 aromatic heterocycles. The lowest BCUT2D eigenvalue weighted by Gasteiger charge is -2.24. The first-order valence-electron chi connectivity index (χ1n) is 4.43. The van der Waals surface area contributed by atoms with Gasteiger partial charge in [-0.25, -0.2) is 0 Å². The van der Waals surface area contributed by atoms with Gasteiger partial charge in [0.1, 0.15) is 0 Å². The molecule has 0 amide bonds. The fourth-order valence-corrected chi connectivity index (χ4v) is 1.69. The first-order valence-corrected chi connectivity index (χ1v) is 5.48. The average molecular weight is 191 g/mol. The third kappa shape index (κ3) is 5.01. The van der Waals surface area contributed by atoms with Gasteiger partial charge in [0.05, 0.1) is 5.60 Å². The normalized spacial score (nSPS) is 19.2. The van der Waals surface area contributed by atoms with E-state index in [4.69, 9.17) is 5.73 Å². The van der Waals surface area contributed by atoms with Gasteiger partial charge in [-0.3, -0.25) is 0 Å². The molecule has 0 aliphatic rings. The van der Waals surface area contributed by atoms with Gasteiger partial charge in [-0.15, -0.1) is 0 Å². The SMILES string of the molecule is CC(C)C(C)SCC(C)(O)CN. The zero-order chi connectivity index (χ0) is 9.78. The fourth-order valence-electron chi connectivity index (χ4n) is 0.562. The summed E-state index contributed by atoms with van der Waals surface area (Å²) >= 11 is 1.79. The highest BCUT2D eigenvalue weighted by Crippen LogP contribution is 2.22. The molecule has 0 aliphatic carbocycles. The van der Waals surface area contributed by atoms with Crippen LogP contribution in [0.25, 0.3) is 0 Å². The zero-order valence-electron chi connectivity index (χ0n) is 8.50. The van der Waals surface area contributed by atoms with Crippen molar-refractivity contribution in [2.24, 2.45) is 11.7 Å². The summed E-state index contributed by atoms with van der Waals surface area (Å²) in [5.41, 5.74) is 4.70. The molecule has 12 heavy (non-hydrogen) atoms. The summed E-state index contributed by atoms with van der Waals surface area (Å²) < 4.78 is 0. The van der Waals surface area contributed by atoms with Gasteiger partial charge in [0.25, 0.3) is 0 Å². The Morgan fingerprint density at radius 3 is 2.25 bits per heavy atom. The first-order chi connectivity index (χ1) is 5.39. The highest BCUT2D eigenvalue weighted by atomic mass is 32.2. The Morgan fingerprint density at radius 2 is 1.92 bits per heavy atom. The van der Waals surface area contributed by atoms with Crippen molar-refractivity contribution in [3.8, 4) is 0 Å². The summed E-state index contributed by atoms with van der Waals surface area (Å²) in [4.78, 5) is 0.